The number of carbonyl (C=O) groups is 1. The molecule has 1 amide bonds. The highest BCUT2D eigenvalue weighted by molar-refractivity contribution is 9.09. The summed E-state index contributed by atoms with van der Waals surface area (Å²) in [6, 6.07) is 1.40. The molecule has 0 saturated carbocycles. The smallest absolute Gasteiger partial charge is 0.310 e. The molecule has 0 unspecified atom stereocenters. The van der Waals surface area contributed by atoms with E-state index in [1.54, 1.807) is 0 Å². The number of aryl methyl sites for hydroxylation is 1. The van der Waals surface area contributed by atoms with Crippen LogP contribution in [0, 0.1) is 6.92 Å². The van der Waals surface area contributed by atoms with Crippen molar-refractivity contribution in [3.05, 3.63) is 23.8 Å². The number of nitrogens with one attached hydrogen (secondary N) is 1. The number of benzene rings is 1. The number of hydrogen-bond acceptors (Lipinski definition) is 1. The summed E-state index contributed by atoms with van der Waals surface area (Å²) in [6.07, 6.45) is 0. The Hall–Kier alpha value is -0.830. The van der Waals surface area contributed by atoms with Crippen molar-refractivity contribution in [2.75, 3.05) is 10.6 Å². The second-order valence-corrected chi connectivity index (χ2v) is 6.60. The Morgan fingerprint density at radius 1 is 1.28 bits per heavy atom. The van der Waals surface area contributed by atoms with Crippen LogP contribution >= 0.6 is 26.2 Å². The second-order valence-electron chi connectivity index (χ2n) is 3.63. The van der Waals surface area contributed by atoms with E-state index in [1.165, 1.54) is 6.92 Å². The quantitative estimate of drug-likeness (QED) is 0.602. The molecular weight excluding hydrogens is 345 g/mol. The molecule has 0 spiro atoms. The van der Waals surface area contributed by atoms with Crippen LogP contribution in [0.2, 0.25) is 0 Å². The van der Waals surface area contributed by atoms with Gasteiger partial charge in [-0.15, -0.1) is 0 Å². The number of hydrogen-bond donors (Lipinski definition) is 1. The molecule has 0 heterocycles. The largest absolute Gasteiger partial charge is 0.325 e. The van der Waals surface area contributed by atoms with Gasteiger partial charge >= 0.3 is 10.2 Å². The van der Waals surface area contributed by atoms with E-state index in [-0.39, 0.29) is 22.6 Å². The summed E-state index contributed by atoms with van der Waals surface area (Å²) in [5, 5.41) is 2.23. The molecule has 0 aliphatic carbocycles. The lowest BCUT2D eigenvalue weighted by atomic mass is 10.2. The van der Waals surface area contributed by atoms with Crippen LogP contribution in [-0.2, 0) is 4.79 Å². The van der Waals surface area contributed by atoms with Crippen LogP contribution in [-0.4, -0.2) is 11.2 Å². The van der Waals surface area contributed by atoms with E-state index in [9.17, 15) is 24.2 Å². The van der Waals surface area contributed by atoms with E-state index >= 15 is 0 Å². The minimum Gasteiger partial charge on any atom is -0.325 e. The normalized spacial score (nSPS) is 15.7. The van der Waals surface area contributed by atoms with Gasteiger partial charge in [0, 0.05) is 5.69 Å². The number of anilines is 1. The molecule has 0 atom stereocenters. The summed E-state index contributed by atoms with van der Waals surface area (Å²) < 4.78 is 62.5. The highest BCUT2D eigenvalue weighted by Crippen LogP contribution is 3.02. The Morgan fingerprint density at radius 3 is 2.22 bits per heavy atom. The van der Waals surface area contributed by atoms with Crippen LogP contribution in [0.15, 0.2) is 23.1 Å². The highest BCUT2D eigenvalue weighted by atomic mass is 79.9. The molecule has 1 N–H and O–H groups in total. The molecule has 104 valence electrons. The summed E-state index contributed by atoms with van der Waals surface area (Å²) in [4.78, 5) is 9.05. The molecule has 0 aliphatic rings. The van der Waals surface area contributed by atoms with Gasteiger partial charge in [-0.2, -0.15) is 0 Å². The molecule has 0 fully saturated rings. The van der Waals surface area contributed by atoms with Crippen LogP contribution < -0.4 is 5.32 Å². The Morgan fingerprint density at radius 2 is 1.83 bits per heavy atom. The van der Waals surface area contributed by atoms with Gasteiger partial charge in [-0.3, -0.25) is 4.79 Å². The lowest BCUT2D eigenvalue weighted by Gasteiger charge is -2.40. The third-order valence-electron chi connectivity index (χ3n) is 2.04. The van der Waals surface area contributed by atoms with Crippen molar-refractivity contribution >= 4 is 37.7 Å². The first-order valence-corrected chi connectivity index (χ1v) is 7.61. The van der Waals surface area contributed by atoms with E-state index in [4.69, 9.17) is 0 Å². The van der Waals surface area contributed by atoms with Gasteiger partial charge < -0.3 is 5.32 Å². The van der Waals surface area contributed by atoms with Gasteiger partial charge in [0.25, 0.3) is 0 Å². The predicted octanol–water partition coefficient (Wildman–Crippen LogP) is 4.99. The van der Waals surface area contributed by atoms with Crippen molar-refractivity contribution in [2.45, 2.75) is 11.8 Å². The maximum Gasteiger partial charge on any atom is 0.310 e. The van der Waals surface area contributed by atoms with Crippen LogP contribution in [0.1, 0.15) is 5.56 Å². The summed E-state index contributed by atoms with van der Waals surface area (Å²) in [5.41, 5.74) is -0.0277. The molecule has 2 nitrogen and oxygen atoms in total. The van der Waals surface area contributed by atoms with Crippen molar-refractivity contribution in [1.29, 1.82) is 0 Å². The third kappa shape index (κ3) is 3.84. The fourth-order valence-electron chi connectivity index (χ4n) is 1.20. The zero-order valence-electron chi connectivity index (χ0n) is 9.02. The van der Waals surface area contributed by atoms with Gasteiger partial charge in [-0.25, -0.2) is 0 Å². The molecule has 1 aromatic rings. The highest BCUT2D eigenvalue weighted by Gasteiger charge is 2.65. The third-order valence-corrected chi connectivity index (χ3v) is 3.69. The molecular formula is C9H9BrF5NOS. The zero-order chi connectivity index (χ0) is 14.3. The first kappa shape index (κ1) is 15.2. The van der Waals surface area contributed by atoms with Crippen molar-refractivity contribution in [3.63, 3.8) is 0 Å². The SMILES string of the molecule is Cc1cc(S(F)(F)(F)(F)F)ccc1NC(=O)CBr. The van der Waals surface area contributed by atoms with E-state index in [0.29, 0.717) is 6.07 Å². The van der Waals surface area contributed by atoms with E-state index in [0.717, 1.165) is 6.07 Å². The topological polar surface area (TPSA) is 29.1 Å². The molecule has 0 bridgehead atoms. The maximum absolute atomic E-state index is 12.5. The maximum atomic E-state index is 12.5. The lowest BCUT2D eigenvalue weighted by molar-refractivity contribution is -0.113. The van der Waals surface area contributed by atoms with Gasteiger partial charge in [0.05, 0.1) is 5.33 Å². The summed E-state index contributed by atoms with van der Waals surface area (Å²) in [6.45, 7) is 1.21. The number of carbonyl (C=O) groups excluding carboxylic acids is 1. The summed E-state index contributed by atoms with van der Waals surface area (Å²) in [5.74, 6) is -0.488. The molecule has 0 saturated heterocycles. The molecule has 0 aliphatic heterocycles. The standard InChI is InChI=1S/C9H9BrF5NOS/c1-6-4-7(18(11,12,13,14)15)2-3-8(6)16-9(17)5-10/h2-4H,5H2,1H3,(H,16,17). The average molecular weight is 354 g/mol. The summed E-state index contributed by atoms with van der Waals surface area (Å²) >= 11 is 2.85. The van der Waals surface area contributed by atoms with E-state index in [2.05, 4.69) is 21.2 Å². The minimum absolute atomic E-state index is 0.0459. The Labute approximate surface area is 108 Å². The Kier molecular flexibility index (Phi) is 3.24. The van der Waals surface area contributed by atoms with Gasteiger partial charge in [-0.1, -0.05) is 35.4 Å². The molecule has 18 heavy (non-hydrogen) atoms. The monoisotopic (exact) mass is 353 g/mol. The van der Waals surface area contributed by atoms with Crippen molar-refractivity contribution < 1.29 is 24.2 Å². The van der Waals surface area contributed by atoms with Gasteiger partial charge in [0.1, 0.15) is 4.90 Å². The van der Waals surface area contributed by atoms with Crippen molar-refractivity contribution in [1.82, 2.24) is 0 Å². The van der Waals surface area contributed by atoms with Gasteiger partial charge in [0.2, 0.25) is 5.91 Å². The Bertz CT molecular complexity index is 501. The average Bonchev–Trinajstić information content (AvgIpc) is 2.17. The van der Waals surface area contributed by atoms with E-state index in [1.807, 2.05) is 0 Å². The minimum atomic E-state index is -9.66. The Balaban J connectivity index is 3.20. The first-order valence-electron chi connectivity index (χ1n) is 4.54. The van der Waals surface area contributed by atoms with Gasteiger partial charge in [0.15, 0.2) is 0 Å². The second kappa shape index (κ2) is 3.83. The lowest BCUT2D eigenvalue weighted by Crippen LogP contribution is -2.14. The molecule has 1 aromatic carbocycles. The van der Waals surface area contributed by atoms with Crippen LogP contribution in [0.3, 0.4) is 0 Å². The molecule has 0 aromatic heterocycles. The van der Waals surface area contributed by atoms with Crippen LogP contribution in [0.5, 0.6) is 0 Å². The summed E-state index contributed by atoms with van der Waals surface area (Å²) in [7, 11) is -9.66. The van der Waals surface area contributed by atoms with Crippen LogP contribution in [0.25, 0.3) is 0 Å². The fraction of sp³-hybridized carbons (Fsp3) is 0.222. The van der Waals surface area contributed by atoms with Gasteiger partial charge in [-0.05, 0) is 30.7 Å². The predicted molar refractivity (Wildman–Crippen MR) is 65.0 cm³/mol. The van der Waals surface area contributed by atoms with Crippen LogP contribution in [0.4, 0.5) is 25.1 Å². The molecule has 1 rings (SSSR count). The number of halogens is 6. The molecule has 9 heteroatoms. The van der Waals surface area contributed by atoms with Crippen molar-refractivity contribution in [2.24, 2.45) is 0 Å². The number of amides is 1. The van der Waals surface area contributed by atoms with Crippen molar-refractivity contribution in [3.8, 4) is 0 Å². The number of alkyl halides is 1. The molecule has 0 radical (unpaired) electrons. The zero-order valence-corrected chi connectivity index (χ0v) is 11.4. The first-order chi connectivity index (χ1) is 7.83. The number of rotatable bonds is 3. The fourth-order valence-corrected chi connectivity index (χ4v) is 2.06. The van der Waals surface area contributed by atoms with E-state index < -0.39 is 21.0 Å².